The van der Waals surface area contributed by atoms with Crippen molar-refractivity contribution in [1.82, 2.24) is 9.55 Å². The molecule has 5 nitrogen and oxygen atoms in total. The first-order valence-corrected chi connectivity index (χ1v) is 6.99. The Kier molecular flexibility index (Phi) is 3.26. The summed E-state index contributed by atoms with van der Waals surface area (Å²) in [6, 6.07) is 8.11. The molecule has 20 heavy (non-hydrogen) atoms. The number of aryl methyl sites for hydroxylation is 1. The molecule has 0 bridgehead atoms. The maximum absolute atomic E-state index is 5.74. The fourth-order valence-corrected chi connectivity index (χ4v) is 2.63. The van der Waals surface area contributed by atoms with E-state index in [0.29, 0.717) is 0 Å². The lowest BCUT2D eigenvalue weighted by Crippen LogP contribution is -2.47. The monoisotopic (exact) mass is 271 g/mol. The molecule has 0 spiro atoms. The number of piperazine rings is 1. The summed E-state index contributed by atoms with van der Waals surface area (Å²) in [5.41, 5.74) is 8.99. The van der Waals surface area contributed by atoms with E-state index < -0.39 is 0 Å². The van der Waals surface area contributed by atoms with Crippen LogP contribution in [0.15, 0.2) is 30.5 Å². The van der Waals surface area contributed by atoms with Crippen molar-refractivity contribution in [1.29, 1.82) is 0 Å². The molecule has 0 radical (unpaired) electrons. The van der Waals surface area contributed by atoms with Crippen LogP contribution in [0.4, 0.5) is 17.3 Å². The first-order valence-electron chi connectivity index (χ1n) is 6.99. The van der Waals surface area contributed by atoms with Gasteiger partial charge < -0.3 is 20.1 Å². The molecular formula is C15H21N5. The van der Waals surface area contributed by atoms with Gasteiger partial charge in [-0.15, -0.1) is 0 Å². The standard InChI is InChI=1S/C15H21N5/c1-12-11-17-15(18(12)2)20-9-7-19(8-10-20)14-5-3-13(16)4-6-14/h3-6,11H,7-10,16H2,1-2H3. The summed E-state index contributed by atoms with van der Waals surface area (Å²) in [5, 5.41) is 0. The number of hydrogen-bond donors (Lipinski definition) is 1. The predicted molar refractivity (Wildman–Crippen MR) is 83.2 cm³/mol. The quantitative estimate of drug-likeness (QED) is 0.844. The van der Waals surface area contributed by atoms with Gasteiger partial charge in [-0.25, -0.2) is 4.98 Å². The highest BCUT2D eigenvalue weighted by atomic mass is 15.3. The van der Waals surface area contributed by atoms with Gasteiger partial charge in [-0.1, -0.05) is 0 Å². The van der Waals surface area contributed by atoms with E-state index in [0.717, 1.165) is 37.8 Å². The molecular weight excluding hydrogens is 250 g/mol. The van der Waals surface area contributed by atoms with E-state index in [4.69, 9.17) is 5.73 Å². The molecule has 1 fully saturated rings. The van der Waals surface area contributed by atoms with Gasteiger partial charge in [0.05, 0.1) is 6.20 Å². The van der Waals surface area contributed by atoms with Gasteiger partial charge in [0.25, 0.3) is 0 Å². The van der Waals surface area contributed by atoms with Gasteiger partial charge in [-0.3, -0.25) is 0 Å². The number of aromatic nitrogens is 2. The lowest BCUT2D eigenvalue weighted by molar-refractivity contribution is 0.628. The van der Waals surface area contributed by atoms with Crippen molar-refractivity contribution in [2.45, 2.75) is 6.92 Å². The molecule has 0 atom stereocenters. The molecule has 106 valence electrons. The lowest BCUT2D eigenvalue weighted by Gasteiger charge is -2.36. The summed E-state index contributed by atoms with van der Waals surface area (Å²) < 4.78 is 2.15. The van der Waals surface area contributed by atoms with E-state index in [2.05, 4.69) is 45.5 Å². The molecule has 2 heterocycles. The van der Waals surface area contributed by atoms with Crippen LogP contribution < -0.4 is 15.5 Å². The first kappa shape index (κ1) is 12.8. The van der Waals surface area contributed by atoms with Crippen LogP contribution in [0.5, 0.6) is 0 Å². The molecule has 2 aromatic rings. The van der Waals surface area contributed by atoms with Gasteiger partial charge in [0.2, 0.25) is 5.95 Å². The molecule has 1 saturated heterocycles. The molecule has 5 heteroatoms. The zero-order valence-corrected chi connectivity index (χ0v) is 12.1. The van der Waals surface area contributed by atoms with Crippen LogP contribution in [-0.4, -0.2) is 35.7 Å². The topological polar surface area (TPSA) is 50.3 Å². The Morgan fingerprint density at radius 3 is 2.15 bits per heavy atom. The average molecular weight is 271 g/mol. The van der Waals surface area contributed by atoms with E-state index >= 15 is 0 Å². The predicted octanol–water partition coefficient (Wildman–Crippen LogP) is 1.64. The van der Waals surface area contributed by atoms with Gasteiger partial charge in [0, 0.05) is 50.3 Å². The molecule has 0 amide bonds. The average Bonchev–Trinajstić information content (AvgIpc) is 2.80. The fraction of sp³-hybridized carbons (Fsp3) is 0.400. The van der Waals surface area contributed by atoms with Crippen LogP contribution in [0.2, 0.25) is 0 Å². The van der Waals surface area contributed by atoms with Gasteiger partial charge >= 0.3 is 0 Å². The van der Waals surface area contributed by atoms with Crippen molar-refractivity contribution in [3.63, 3.8) is 0 Å². The third-order valence-corrected chi connectivity index (χ3v) is 4.02. The minimum Gasteiger partial charge on any atom is -0.399 e. The van der Waals surface area contributed by atoms with Gasteiger partial charge in [-0.2, -0.15) is 0 Å². The molecule has 1 aromatic heterocycles. The van der Waals surface area contributed by atoms with Crippen molar-refractivity contribution in [3.8, 4) is 0 Å². The smallest absolute Gasteiger partial charge is 0.205 e. The number of nitrogen functional groups attached to an aromatic ring is 1. The van der Waals surface area contributed by atoms with Crippen molar-refractivity contribution in [2.75, 3.05) is 41.7 Å². The Morgan fingerprint density at radius 1 is 1.00 bits per heavy atom. The first-order chi connectivity index (χ1) is 9.65. The molecule has 0 aliphatic carbocycles. The number of imidazole rings is 1. The molecule has 3 rings (SSSR count). The summed E-state index contributed by atoms with van der Waals surface area (Å²) >= 11 is 0. The zero-order chi connectivity index (χ0) is 14.1. The summed E-state index contributed by atoms with van der Waals surface area (Å²) in [6.07, 6.45) is 1.93. The second-order valence-corrected chi connectivity index (χ2v) is 5.32. The third-order valence-electron chi connectivity index (χ3n) is 4.02. The fourth-order valence-electron chi connectivity index (χ4n) is 2.63. The van der Waals surface area contributed by atoms with E-state index in [1.54, 1.807) is 0 Å². The Labute approximate surface area is 119 Å². The maximum Gasteiger partial charge on any atom is 0.205 e. The number of benzene rings is 1. The van der Waals surface area contributed by atoms with E-state index in [-0.39, 0.29) is 0 Å². The highest BCUT2D eigenvalue weighted by Gasteiger charge is 2.20. The van der Waals surface area contributed by atoms with Crippen LogP contribution in [0.25, 0.3) is 0 Å². The molecule has 0 saturated carbocycles. The van der Waals surface area contributed by atoms with Crippen LogP contribution >= 0.6 is 0 Å². The Morgan fingerprint density at radius 2 is 1.60 bits per heavy atom. The number of nitrogens with zero attached hydrogens (tertiary/aromatic N) is 4. The van der Waals surface area contributed by atoms with E-state index in [1.807, 2.05) is 18.3 Å². The van der Waals surface area contributed by atoms with Crippen LogP contribution in [0.1, 0.15) is 5.69 Å². The summed E-state index contributed by atoms with van der Waals surface area (Å²) in [5.74, 6) is 1.07. The Hall–Kier alpha value is -2.17. The van der Waals surface area contributed by atoms with E-state index in [9.17, 15) is 0 Å². The van der Waals surface area contributed by atoms with Gasteiger partial charge in [0.15, 0.2) is 0 Å². The number of anilines is 3. The molecule has 1 aliphatic heterocycles. The van der Waals surface area contributed by atoms with Crippen molar-refractivity contribution >= 4 is 17.3 Å². The van der Waals surface area contributed by atoms with Crippen LogP contribution in [0.3, 0.4) is 0 Å². The normalized spacial score (nSPS) is 15.7. The summed E-state index contributed by atoms with van der Waals surface area (Å²) in [7, 11) is 2.07. The molecule has 2 N–H and O–H groups in total. The highest BCUT2D eigenvalue weighted by molar-refractivity contribution is 5.54. The van der Waals surface area contributed by atoms with Crippen molar-refractivity contribution < 1.29 is 0 Å². The van der Waals surface area contributed by atoms with Crippen molar-refractivity contribution in [2.24, 2.45) is 7.05 Å². The molecule has 1 aromatic carbocycles. The Balaban J connectivity index is 1.68. The Bertz CT molecular complexity index is 579. The van der Waals surface area contributed by atoms with Crippen molar-refractivity contribution in [3.05, 3.63) is 36.2 Å². The second kappa shape index (κ2) is 5.07. The number of nitrogens with two attached hydrogens (primary N) is 1. The summed E-state index contributed by atoms with van der Waals surface area (Å²) in [6.45, 7) is 6.09. The molecule has 0 unspecified atom stereocenters. The van der Waals surface area contributed by atoms with Crippen LogP contribution in [0, 0.1) is 6.92 Å². The minimum absolute atomic E-state index is 0.816. The van der Waals surface area contributed by atoms with Gasteiger partial charge in [-0.05, 0) is 31.2 Å². The maximum atomic E-state index is 5.74. The highest BCUT2D eigenvalue weighted by Crippen LogP contribution is 2.20. The molecule has 1 aliphatic rings. The minimum atomic E-state index is 0.816. The lowest BCUT2D eigenvalue weighted by atomic mass is 10.2. The summed E-state index contributed by atoms with van der Waals surface area (Å²) in [4.78, 5) is 9.24. The van der Waals surface area contributed by atoms with E-state index in [1.165, 1.54) is 11.4 Å². The second-order valence-electron chi connectivity index (χ2n) is 5.32. The third kappa shape index (κ3) is 2.31. The number of rotatable bonds is 2. The zero-order valence-electron chi connectivity index (χ0n) is 12.1. The largest absolute Gasteiger partial charge is 0.399 e. The van der Waals surface area contributed by atoms with Crippen LogP contribution in [-0.2, 0) is 7.05 Å². The SMILES string of the molecule is Cc1cnc(N2CCN(c3ccc(N)cc3)CC2)n1C. The van der Waals surface area contributed by atoms with Gasteiger partial charge in [0.1, 0.15) is 0 Å². The number of hydrogen-bond acceptors (Lipinski definition) is 4.